The first-order chi connectivity index (χ1) is 9.22. The van der Waals surface area contributed by atoms with Crippen molar-refractivity contribution in [1.29, 1.82) is 0 Å². The zero-order valence-corrected chi connectivity index (χ0v) is 11.4. The number of ether oxygens (including phenoxy) is 1. The van der Waals surface area contributed by atoms with E-state index in [1.165, 1.54) is 17.7 Å². The Kier molecular flexibility index (Phi) is 3.10. The number of nitrogens with zero attached hydrogens (tertiary/aromatic N) is 1. The number of esters is 1. The van der Waals surface area contributed by atoms with E-state index in [0.29, 0.717) is 16.8 Å². The number of fused-ring (bicyclic) bond motifs is 3. The Balaban J connectivity index is 2.15. The van der Waals surface area contributed by atoms with Crippen molar-refractivity contribution in [3.63, 3.8) is 0 Å². The van der Waals surface area contributed by atoms with Crippen molar-refractivity contribution in [1.82, 2.24) is 9.97 Å². The molecule has 0 saturated heterocycles. The third-order valence-electron chi connectivity index (χ3n) is 3.43. The molecule has 1 atom stereocenters. The topological polar surface area (TPSA) is 72.0 Å². The number of aromatic amines is 1. The van der Waals surface area contributed by atoms with Crippen molar-refractivity contribution in [3.8, 4) is 0 Å². The van der Waals surface area contributed by atoms with Crippen LogP contribution in [0.2, 0.25) is 0 Å². The summed E-state index contributed by atoms with van der Waals surface area (Å²) in [6.07, 6.45) is 3.93. The lowest BCUT2D eigenvalue weighted by Gasteiger charge is -2.20. The Labute approximate surface area is 113 Å². The minimum atomic E-state index is -0.234. The third-order valence-corrected chi connectivity index (χ3v) is 4.69. The minimum absolute atomic E-state index is 0.119. The molecule has 6 heteroatoms. The quantitative estimate of drug-likeness (QED) is 0.852. The summed E-state index contributed by atoms with van der Waals surface area (Å²) in [5.74, 6) is -0.422. The first-order valence-electron chi connectivity index (χ1n) is 6.38. The zero-order chi connectivity index (χ0) is 13.4. The van der Waals surface area contributed by atoms with Gasteiger partial charge < -0.3 is 9.72 Å². The maximum atomic E-state index is 12.0. The third kappa shape index (κ3) is 1.96. The molecule has 0 aromatic carbocycles. The van der Waals surface area contributed by atoms with Crippen LogP contribution in [-0.2, 0) is 16.0 Å². The molecule has 19 heavy (non-hydrogen) atoms. The van der Waals surface area contributed by atoms with Crippen LogP contribution in [0.1, 0.15) is 36.1 Å². The summed E-state index contributed by atoms with van der Waals surface area (Å²) in [4.78, 5) is 32.4. The molecule has 5 nitrogen and oxygen atoms in total. The normalized spacial score (nSPS) is 18.3. The van der Waals surface area contributed by atoms with Crippen molar-refractivity contribution >= 4 is 27.5 Å². The van der Waals surface area contributed by atoms with E-state index in [2.05, 4.69) is 9.97 Å². The number of carbonyl (C=O) groups excluding carboxylic acids is 1. The molecule has 1 unspecified atom stereocenters. The fourth-order valence-electron chi connectivity index (χ4n) is 2.63. The molecule has 100 valence electrons. The lowest BCUT2D eigenvalue weighted by atomic mass is 9.88. The highest BCUT2D eigenvalue weighted by Gasteiger charge is 2.31. The van der Waals surface area contributed by atoms with Crippen molar-refractivity contribution in [3.05, 3.63) is 27.1 Å². The van der Waals surface area contributed by atoms with E-state index in [1.807, 2.05) is 0 Å². The van der Waals surface area contributed by atoms with Crippen LogP contribution in [0.5, 0.6) is 0 Å². The van der Waals surface area contributed by atoms with Gasteiger partial charge >= 0.3 is 5.97 Å². The molecule has 0 fully saturated rings. The van der Waals surface area contributed by atoms with Crippen LogP contribution < -0.4 is 5.56 Å². The summed E-state index contributed by atoms with van der Waals surface area (Å²) >= 11 is 1.44. The number of carbonyl (C=O) groups is 1. The lowest BCUT2D eigenvalue weighted by molar-refractivity contribution is -0.145. The summed E-state index contributed by atoms with van der Waals surface area (Å²) in [6.45, 7) is 2.19. The van der Waals surface area contributed by atoms with Gasteiger partial charge in [0.1, 0.15) is 4.83 Å². The van der Waals surface area contributed by atoms with Gasteiger partial charge in [-0.05, 0) is 31.7 Å². The van der Waals surface area contributed by atoms with E-state index in [9.17, 15) is 9.59 Å². The number of thiophene rings is 1. The first-order valence-corrected chi connectivity index (χ1v) is 7.19. The van der Waals surface area contributed by atoms with Crippen LogP contribution in [0, 0.1) is 0 Å². The number of aromatic nitrogens is 2. The molecule has 0 amide bonds. The molecule has 2 heterocycles. The van der Waals surface area contributed by atoms with Crippen LogP contribution >= 0.6 is 11.3 Å². The molecular formula is C13H14N2O3S. The fraction of sp³-hybridized carbons (Fsp3) is 0.462. The molecule has 2 aromatic heterocycles. The van der Waals surface area contributed by atoms with Crippen LogP contribution in [0.3, 0.4) is 0 Å². The summed E-state index contributed by atoms with van der Waals surface area (Å²) in [5, 5.41) is 0.650. The fourth-order valence-corrected chi connectivity index (χ4v) is 3.94. The van der Waals surface area contributed by atoms with Crippen molar-refractivity contribution in [2.75, 3.05) is 6.61 Å². The van der Waals surface area contributed by atoms with Gasteiger partial charge in [-0.3, -0.25) is 9.59 Å². The second-order valence-corrected chi connectivity index (χ2v) is 5.58. The lowest BCUT2D eigenvalue weighted by Crippen LogP contribution is -2.20. The summed E-state index contributed by atoms with van der Waals surface area (Å²) < 4.78 is 5.13. The largest absolute Gasteiger partial charge is 0.465 e. The summed E-state index contributed by atoms with van der Waals surface area (Å²) in [7, 11) is 0. The predicted octanol–water partition coefficient (Wildman–Crippen LogP) is 1.97. The highest BCUT2D eigenvalue weighted by atomic mass is 32.1. The van der Waals surface area contributed by atoms with Gasteiger partial charge in [0.2, 0.25) is 0 Å². The molecule has 0 spiro atoms. The average Bonchev–Trinajstić information content (AvgIpc) is 2.78. The van der Waals surface area contributed by atoms with E-state index in [1.54, 1.807) is 6.92 Å². The Morgan fingerprint density at radius 1 is 1.63 bits per heavy atom. The second-order valence-electron chi connectivity index (χ2n) is 4.55. The molecular weight excluding hydrogens is 264 g/mol. The predicted molar refractivity (Wildman–Crippen MR) is 72.6 cm³/mol. The number of rotatable bonds is 2. The van der Waals surface area contributed by atoms with E-state index in [-0.39, 0.29) is 17.4 Å². The smallest absolute Gasteiger partial charge is 0.314 e. The standard InChI is InChI=1S/C13H14N2O3S/c1-2-18-13(17)8-5-3-4-7-9-11(16)14-6-15-12(9)19-10(7)8/h6,8H,2-5H2,1H3,(H,14,15,16). The molecule has 1 aliphatic carbocycles. The second kappa shape index (κ2) is 4.77. The number of aryl methyl sites for hydroxylation is 1. The number of hydrogen-bond donors (Lipinski definition) is 1. The Morgan fingerprint density at radius 2 is 2.47 bits per heavy atom. The van der Waals surface area contributed by atoms with Crippen molar-refractivity contribution in [2.24, 2.45) is 0 Å². The van der Waals surface area contributed by atoms with Gasteiger partial charge in [-0.15, -0.1) is 11.3 Å². The molecule has 0 bridgehead atoms. The Morgan fingerprint density at radius 3 is 3.26 bits per heavy atom. The highest BCUT2D eigenvalue weighted by molar-refractivity contribution is 7.19. The molecule has 1 N–H and O–H groups in total. The molecule has 0 aliphatic heterocycles. The van der Waals surface area contributed by atoms with E-state index >= 15 is 0 Å². The van der Waals surface area contributed by atoms with Crippen molar-refractivity contribution in [2.45, 2.75) is 32.1 Å². The van der Waals surface area contributed by atoms with Crippen LogP contribution in [0.15, 0.2) is 11.1 Å². The zero-order valence-electron chi connectivity index (χ0n) is 10.6. The maximum absolute atomic E-state index is 12.0. The van der Waals surface area contributed by atoms with Gasteiger partial charge in [-0.2, -0.15) is 0 Å². The van der Waals surface area contributed by atoms with Gasteiger partial charge in [0, 0.05) is 4.88 Å². The van der Waals surface area contributed by atoms with Crippen LogP contribution in [0.25, 0.3) is 10.2 Å². The summed E-state index contributed by atoms with van der Waals surface area (Å²) in [5.41, 5.74) is 0.866. The number of nitrogens with one attached hydrogen (secondary N) is 1. The van der Waals surface area contributed by atoms with Gasteiger partial charge in [0.15, 0.2) is 0 Å². The minimum Gasteiger partial charge on any atom is -0.465 e. The maximum Gasteiger partial charge on any atom is 0.314 e. The SMILES string of the molecule is CCOC(=O)C1CCCc2c1sc1nc[nH]c(=O)c21. The molecule has 1 aliphatic rings. The van der Waals surface area contributed by atoms with Gasteiger partial charge in [0.05, 0.1) is 24.2 Å². The average molecular weight is 278 g/mol. The first kappa shape index (κ1) is 12.3. The molecule has 3 rings (SSSR count). The van der Waals surface area contributed by atoms with Crippen LogP contribution in [0.4, 0.5) is 0 Å². The van der Waals surface area contributed by atoms with Crippen molar-refractivity contribution < 1.29 is 9.53 Å². The molecule has 0 radical (unpaired) electrons. The van der Waals surface area contributed by atoms with Gasteiger partial charge in [-0.1, -0.05) is 0 Å². The van der Waals surface area contributed by atoms with E-state index < -0.39 is 0 Å². The Hall–Kier alpha value is -1.69. The number of hydrogen-bond acceptors (Lipinski definition) is 5. The monoisotopic (exact) mass is 278 g/mol. The van der Waals surface area contributed by atoms with Gasteiger partial charge in [-0.25, -0.2) is 4.98 Å². The summed E-state index contributed by atoms with van der Waals surface area (Å²) in [6, 6.07) is 0. The van der Waals surface area contributed by atoms with E-state index in [0.717, 1.165) is 29.7 Å². The van der Waals surface area contributed by atoms with Gasteiger partial charge in [0.25, 0.3) is 5.56 Å². The van der Waals surface area contributed by atoms with Crippen LogP contribution in [-0.4, -0.2) is 22.5 Å². The number of H-pyrrole nitrogens is 1. The van der Waals surface area contributed by atoms with E-state index in [4.69, 9.17) is 4.74 Å². The molecule has 0 saturated carbocycles. The highest BCUT2D eigenvalue weighted by Crippen LogP contribution is 2.40. The molecule has 2 aromatic rings. The Bertz CT molecular complexity index is 689.